The third-order valence-corrected chi connectivity index (χ3v) is 27.9. The number of carbonyl (C=O) groups excluding carboxylic acids is 2. The zero-order valence-corrected chi connectivity index (χ0v) is 61.5. The Morgan fingerprint density at radius 1 is 0.857 bits per heavy atom. The number of nitrogens with zero attached hydrogens (tertiary/aromatic N) is 4. The predicted octanol–water partition coefficient (Wildman–Crippen LogP) is 12.4. The van der Waals surface area contributed by atoms with Crippen molar-refractivity contribution in [2.45, 2.75) is 165 Å². The Morgan fingerprint density at radius 3 is 2.30 bits per heavy atom. The highest BCUT2D eigenvalue weighted by Gasteiger charge is 2.48. The highest BCUT2D eigenvalue weighted by atomic mass is 35.5. The Balaban J connectivity index is 0.841. The Morgan fingerprint density at radius 2 is 1.59 bits per heavy atom. The van der Waals surface area contributed by atoms with Crippen molar-refractivity contribution in [2.75, 3.05) is 90.2 Å². The maximum atomic E-state index is 14.9. The molecule has 5 aliphatic heterocycles. The molecule has 18 nitrogen and oxygen atoms in total. The molecule has 1 spiro atoms. The molecule has 0 aromatic heterocycles. The van der Waals surface area contributed by atoms with Crippen LogP contribution >= 0.6 is 23.2 Å². The number of likely N-dealkylation sites (N-methyl/N-ethyl adjacent to an activating group) is 2. The van der Waals surface area contributed by atoms with E-state index >= 15 is 0 Å². The molecule has 8 aliphatic rings. The predicted molar refractivity (Wildman–Crippen MR) is 385 cm³/mol. The lowest BCUT2D eigenvalue weighted by Gasteiger charge is -2.48. The summed E-state index contributed by atoms with van der Waals surface area (Å²) in [5.41, 5.74) is 6.80. The third kappa shape index (κ3) is 15.7. The molecular formula is C76H102Cl2N6O12S2. The van der Waals surface area contributed by atoms with Gasteiger partial charge in [0.2, 0.25) is 20.0 Å². The summed E-state index contributed by atoms with van der Waals surface area (Å²) in [6.07, 6.45) is 15.4. The van der Waals surface area contributed by atoms with E-state index in [0.29, 0.717) is 107 Å². The van der Waals surface area contributed by atoms with Gasteiger partial charge in [0.25, 0.3) is 11.8 Å². The van der Waals surface area contributed by atoms with Gasteiger partial charge in [-0.25, -0.2) is 26.3 Å². The number of ether oxygens (including phenoxy) is 6. The highest BCUT2D eigenvalue weighted by molar-refractivity contribution is 7.91. The first kappa shape index (κ1) is 72.5. The second-order valence-electron chi connectivity index (χ2n) is 29.9. The minimum atomic E-state index is -4.09. The molecule has 3 aliphatic carbocycles. The van der Waals surface area contributed by atoms with Crippen molar-refractivity contribution in [3.8, 4) is 11.5 Å². The number of aryl methyl sites for hydroxylation is 2. The number of rotatable bonds is 15. The molecule has 2 bridgehead atoms. The Kier molecular flexibility index (Phi) is 22.8. The summed E-state index contributed by atoms with van der Waals surface area (Å²) in [6, 6.07) is 20.9. The number of carbonyl (C=O) groups is 2. The van der Waals surface area contributed by atoms with Crippen LogP contribution in [0.5, 0.6) is 11.5 Å². The lowest BCUT2D eigenvalue weighted by atomic mass is 9.66. The number of hydrogen-bond donors (Lipinski definition) is 2. The monoisotopic (exact) mass is 1420 g/mol. The van der Waals surface area contributed by atoms with E-state index in [1.165, 1.54) is 11.1 Å². The smallest absolute Gasteiger partial charge is 0.264 e. The number of sulfonamides is 2. The number of anilines is 2. The average molecular weight is 1430 g/mol. The number of benzene rings is 4. The van der Waals surface area contributed by atoms with Gasteiger partial charge in [0.05, 0.1) is 67.0 Å². The van der Waals surface area contributed by atoms with Crippen molar-refractivity contribution in [3.63, 3.8) is 0 Å². The first-order valence-corrected chi connectivity index (χ1v) is 39.6. The molecule has 0 unspecified atom stereocenters. The molecule has 4 aromatic rings. The van der Waals surface area contributed by atoms with Gasteiger partial charge in [-0.15, -0.1) is 6.58 Å². The standard InChI is InChI=1S/C76H102Cl2N6O12S2/c1-10-47(3)49(5)97(87,88)80-73(86)57-32-58(71-69(36-57)84(45-76(46-96-71)30-15-18-52-34-60(78)25-28-67(52)76)39-55-21-26-64(55)63(11-2)74-92-41-61(42-93-74)81(7)8)37-82(9)62-43-94-75(95-44-62)66-19-14-16-48(4)50(6)98(89,90)79-72(85)53-23-29-70-68(35-53)83(38-54-22-27-65(54)66)31-13-12-17-51-33-59(77)24-20-56(51)40-91-70/h11,14,19-20,23-25,28-29,32-36,47-50,54-55,61-66,74-75H,2,10,12-13,15-18,21-22,26-27,30-31,37-46H2,1,3-9H3,(H,79,85)(H,80,86)/b19-14+/t47-,48-,49+,50+,54-,55-,61?,62?,63-,64+,65+,66+,74?,75?,76-/m0/s1. The van der Waals surface area contributed by atoms with Crippen molar-refractivity contribution in [1.29, 1.82) is 0 Å². The molecule has 98 heavy (non-hydrogen) atoms. The number of halogens is 2. The van der Waals surface area contributed by atoms with Crippen LogP contribution in [0.15, 0.2) is 91.5 Å². The van der Waals surface area contributed by atoms with Gasteiger partial charge in [-0.1, -0.05) is 80.8 Å². The van der Waals surface area contributed by atoms with E-state index in [0.717, 1.165) is 92.3 Å². The van der Waals surface area contributed by atoms with E-state index in [9.17, 15) is 26.4 Å². The van der Waals surface area contributed by atoms with E-state index < -0.39 is 60.4 Å². The third-order valence-electron chi connectivity index (χ3n) is 23.6. The molecule has 12 rings (SSSR count). The quantitative estimate of drug-likeness (QED) is 0.107. The van der Waals surface area contributed by atoms with Gasteiger partial charge < -0.3 is 43.1 Å². The Hall–Kier alpha value is -5.26. The fourth-order valence-electron chi connectivity index (χ4n) is 16.3. The van der Waals surface area contributed by atoms with Crippen LogP contribution in [-0.4, -0.2) is 154 Å². The van der Waals surface area contributed by atoms with Crippen LogP contribution in [0.2, 0.25) is 10.0 Å². The van der Waals surface area contributed by atoms with Crippen molar-refractivity contribution < 1.29 is 54.8 Å². The average Bonchev–Trinajstić information content (AvgIpc) is 1.49. The van der Waals surface area contributed by atoms with E-state index in [4.69, 9.17) is 51.6 Å². The topological polar surface area (TPSA) is 195 Å². The number of hydrogen-bond acceptors (Lipinski definition) is 16. The van der Waals surface area contributed by atoms with E-state index in [1.54, 1.807) is 32.0 Å². The zero-order chi connectivity index (χ0) is 69.4. The summed E-state index contributed by atoms with van der Waals surface area (Å²) in [5.74, 6) is -0.109. The van der Waals surface area contributed by atoms with Gasteiger partial charge in [0.15, 0.2) is 12.6 Å². The molecule has 5 heterocycles. The Bertz CT molecular complexity index is 3810. The van der Waals surface area contributed by atoms with Gasteiger partial charge in [-0.05, 0) is 218 Å². The maximum absolute atomic E-state index is 14.9. The van der Waals surface area contributed by atoms with Crippen LogP contribution in [0, 0.1) is 47.3 Å². The first-order valence-electron chi connectivity index (χ1n) is 35.8. The molecule has 2 amide bonds. The molecule has 0 radical (unpaired) electrons. The molecule has 534 valence electrons. The summed E-state index contributed by atoms with van der Waals surface area (Å²) >= 11 is 13.2. The zero-order valence-electron chi connectivity index (χ0n) is 58.4. The minimum absolute atomic E-state index is 0.0493. The summed E-state index contributed by atoms with van der Waals surface area (Å²) in [7, 11) is -2.08. The largest absolute Gasteiger partial charge is 0.490 e. The molecule has 4 fully saturated rings. The Labute approximate surface area is 591 Å². The normalized spacial score (nSPS) is 30.3. The molecule has 11 atom stereocenters. The number of allylic oxidation sites excluding steroid dienone is 1. The van der Waals surface area contributed by atoms with Gasteiger partial charge in [-0.2, -0.15) is 0 Å². The SMILES string of the molecule is C=C[C@H](C1OCC(N(C)C)CO1)[C@@H]1CC[C@H]1CN1C[C@@]2(CCCc3cc(Cl)ccc32)COc2c(CN(C)C3COC([C@@H]4/C=C/C[C@H](C)[C@@H](C)S(=O)(=O)NC(=O)c5ccc6c(c5)N(CCCCc5cc(Cl)ccc5CO6)C[C@@H]5CC[C@H]54)OC3)cc(C(=O)NS(=O)(=O)[C@H](C)[C@@H](C)CC)cc21. The van der Waals surface area contributed by atoms with Crippen molar-refractivity contribution in [1.82, 2.24) is 19.2 Å². The van der Waals surface area contributed by atoms with E-state index in [2.05, 4.69) is 59.9 Å². The van der Waals surface area contributed by atoms with Gasteiger partial charge in [0, 0.05) is 76.7 Å². The maximum Gasteiger partial charge on any atom is 0.264 e. The van der Waals surface area contributed by atoms with Crippen molar-refractivity contribution in [2.24, 2.45) is 47.3 Å². The summed E-state index contributed by atoms with van der Waals surface area (Å²) in [5, 5.41) is -0.340. The lowest BCUT2D eigenvalue weighted by molar-refractivity contribution is -0.232. The molecular weight excluding hydrogens is 1320 g/mol. The summed E-state index contributed by atoms with van der Waals surface area (Å²) < 4.78 is 102. The second-order valence-corrected chi connectivity index (χ2v) is 34.9. The second kappa shape index (κ2) is 30.7. The van der Waals surface area contributed by atoms with E-state index in [1.807, 2.05) is 84.4 Å². The van der Waals surface area contributed by atoms with Crippen LogP contribution in [0.1, 0.15) is 147 Å². The van der Waals surface area contributed by atoms with Crippen LogP contribution < -0.4 is 28.7 Å². The fraction of sp³-hybridized carbons (Fsp3) is 0.605. The number of fused-ring (bicyclic) bond motifs is 6. The van der Waals surface area contributed by atoms with Crippen LogP contribution in [-0.2, 0) is 70.4 Å². The molecule has 4 aromatic carbocycles. The molecule has 2 saturated carbocycles. The lowest BCUT2D eigenvalue weighted by Crippen LogP contribution is -2.51. The van der Waals surface area contributed by atoms with Crippen LogP contribution in [0.25, 0.3) is 0 Å². The fourth-order valence-corrected chi connectivity index (χ4v) is 19.4. The number of nitrogens with one attached hydrogen (secondary N) is 2. The molecule has 2 N–H and O–H groups in total. The van der Waals surface area contributed by atoms with Crippen LogP contribution in [0.3, 0.4) is 0 Å². The van der Waals surface area contributed by atoms with E-state index in [-0.39, 0.29) is 70.6 Å². The first-order chi connectivity index (χ1) is 46.9. The van der Waals surface area contributed by atoms with Crippen LogP contribution in [0.4, 0.5) is 11.4 Å². The minimum Gasteiger partial charge on any atom is -0.490 e. The molecule has 22 heteroatoms. The van der Waals surface area contributed by atoms with Gasteiger partial charge >= 0.3 is 0 Å². The van der Waals surface area contributed by atoms with Gasteiger partial charge in [0.1, 0.15) is 18.1 Å². The van der Waals surface area contributed by atoms with Crippen molar-refractivity contribution in [3.05, 3.63) is 141 Å². The van der Waals surface area contributed by atoms with Crippen molar-refractivity contribution >= 4 is 66.4 Å². The molecule has 2 saturated heterocycles. The number of amides is 2. The van der Waals surface area contributed by atoms with Gasteiger partial charge in [-0.3, -0.25) is 14.5 Å². The summed E-state index contributed by atoms with van der Waals surface area (Å²) in [4.78, 5) is 37.9. The summed E-state index contributed by atoms with van der Waals surface area (Å²) in [6.45, 7) is 18.7. The highest BCUT2D eigenvalue weighted by Crippen LogP contribution is 2.51.